The summed E-state index contributed by atoms with van der Waals surface area (Å²) in [5.41, 5.74) is 2.05. The number of esters is 1. The topological polar surface area (TPSA) is 26.3 Å². The van der Waals surface area contributed by atoms with Crippen LogP contribution >= 0.6 is 0 Å². The van der Waals surface area contributed by atoms with Crippen molar-refractivity contribution in [1.82, 2.24) is 0 Å². The molecule has 2 nitrogen and oxygen atoms in total. The van der Waals surface area contributed by atoms with E-state index in [9.17, 15) is 4.79 Å². The molecule has 0 spiro atoms. The lowest BCUT2D eigenvalue weighted by molar-refractivity contribution is -0.147. The standard InChI is InChI=1S/C43H70O2/c1-2-3-4-5-6-7-8-9-10-11-12-13-14-15-16-17-18-19-20-21-22-23-24-25-26-27-34-39-42(44)45-43(40-35-30-28-31-36-40)41-37-32-29-33-38-41/h28-33,35-38,43H,2-27,34,39H2,1H3. The molecule has 45 heavy (non-hydrogen) atoms. The average Bonchev–Trinajstić information content (AvgIpc) is 3.07. The number of ether oxygens (including phenoxy) is 1. The van der Waals surface area contributed by atoms with E-state index in [0.29, 0.717) is 6.42 Å². The molecule has 2 aromatic carbocycles. The Kier molecular flexibility index (Phi) is 25.5. The van der Waals surface area contributed by atoms with Crippen LogP contribution in [-0.2, 0) is 9.53 Å². The minimum absolute atomic E-state index is 0.0905. The van der Waals surface area contributed by atoms with Crippen LogP contribution in [0.5, 0.6) is 0 Å². The molecule has 0 aliphatic rings. The van der Waals surface area contributed by atoms with Gasteiger partial charge in [-0.05, 0) is 17.5 Å². The van der Waals surface area contributed by atoms with E-state index in [1.54, 1.807) is 0 Å². The second-order valence-electron chi connectivity index (χ2n) is 13.6. The highest BCUT2D eigenvalue weighted by molar-refractivity contribution is 5.70. The van der Waals surface area contributed by atoms with Gasteiger partial charge in [-0.25, -0.2) is 0 Å². The smallest absolute Gasteiger partial charge is 0.306 e. The monoisotopic (exact) mass is 619 g/mol. The average molecular weight is 619 g/mol. The Morgan fingerprint density at radius 3 is 0.978 bits per heavy atom. The number of carbonyl (C=O) groups excluding carboxylic acids is 1. The summed E-state index contributed by atoms with van der Waals surface area (Å²) in [7, 11) is 0. The number of hydrogen-bond donors (Lipinski definition) is 0. The van der Waals surface area contributed by atoms with Gasteiger partial charge in [-0.3, -0.25) is 4.79 Å². The second-order valence-corrected chi connectivity index (χ2v) is 13.6. The van der Waals surface area contributed by atoms with Crippen LogP contribution in [0.15, 0.2) is 60.7 Å². The summed E-state index contributed by atoms with van der Waals surface area (Å²) in [6.07, 6.45) is 37.9. The molecule has 0 radical (unpaired) electrons. The van der Waals surface area contributed by atoms with Gasteiger partial charge in [0.25, 0.3) is 0 Å². The van der Waals surface area contributed by atoms with E-state index in [4.69, 9.17) is 4.74 Å². The minimum atomic E-state index is -0.325. The number of hydrogen-bond acceptors (Lipinski definition) is 2. The summed E-state index contributed by atoms with van der Waals surface area (Å²) in [4.78, 5) is 12.6. The molecule has 0 amide bonds. The Labute approximate surface area is 279 Å². The molecule has 0 unspecified atom stereocenters. The highest BCUT2D eigenvalue weighted by Gasteiger charge is 2.18. The SMILES string of the molecule is CCCCCCCCCCCCCCCCCCCCCCCCCCCCCC(=O)OC(c1ccccc1)c1ccccc1. The molecule has 0 heterocycles. The van der Waals surface area contributed by atoms with Crippen LogP contribution in [0.3, 0.4) is 0 Å². The van der Waals surface area contributed by atoms with Gasteiger partial charge in [0.15, 0.2) is 6.10 Å². The van der Waals surface area contributed by atoms with Crippen LogP contribution in [0.25, 0.3) is 0 Å². The van der Waals surface area contributed by atoms with Gasteiger partial charge < -0.3 is 4.74 Å². The normalized spacial score (nSPS) is 11.3. The Bertz CT molecular complexity index is 853. The largest absolute Gasteiger partial charge is 0.453 e. The third-order valence-electron chi connectivity index (χ3n) is 9.44. The third-order valence-corrected chi connectivity index (χ3v) is 9.44. The van der Waals surface area contributed by atoms with E-state index >= 15 is 0 Å². The van der Waals surface area contributed by atoms with Crippen molar-refractivity contribution >= 4 is 5.97 Å². The fourth-order valence-electron chi connectivity index (χ4n) is 6.54. The van der Waals surface area contributed by atoms with Crippen LogP contribution in [0.4, 0.5) is 0 Å². The lowest BCUT2D eigenvalue weighted by Gasteiger charge is -2.19. The van der Waals surface area contributed by atoms with E-state index in [2.05, 4.69) is 6.92 Å². The Morgan fingerprint density at radius 1 is 0.422 bits per heavy atom. The lowest BCUT2D eigenvalue weighted by atomic mass is 10.0. The van der Waals surface area contributed by atoms with Crippen molar-refractivity contribution in [3.8, 4) is 0 Å². The van der Waals surface area contributed by atoms with Crippen LogP contribution in [0.2, 0.25) is 0 Å². The van der Waals surface area contributed by atoms with Crippen LogP contribution < -0.4 is 0 Å². The summed E-state index contributed by atoms with van der Waals surface area (Å²) in [6, 6.07) is 20.1. The van der Waals surface area contributed by atoms with E-state index < -0.39 is 0 Å². The molecule has 0 atom stereocenters. The second kappa shape index (κ2) is 29.3. The number of carbonyl (C=O) groups is 1. The quantitative estimate of drug-likeness (QED) is 0.0620. The predicted molar refractivity (Wildman–Crippen MR) is 196 cm³/mol. The van der Waals surface area contributed by atoms with Crippen molar-refractivity contribution in [2.45, 2.75) is 193 Å². The molecule has 254 valence electrons. The number of unbranched alkanes of at least 4 members (excludes halogenated alkanes) is 26. The van der Waals surface area contributed by atoms with Gasteiger partial charge >= 0.3 is 5.97 Å². The van der Waals surface area contributed by atoms with Gasteiger partial charge in [-0.2, -0.15) is 0 Å². The van der Waals surface area contributed by atoms with E-state index in [0.717, 1.165) is 24.0 Å². The van der Waals surface area contributed by atoms with E-state index in [1.807, 2.05) is 60.7 Å². The van der Waals surface area contributed by atoms with E-state index in [1.165, 1.54) is 161 Å². The molecule has 0 N–H and O–H groups in total. The first-order valence-electron chi connectivity index (χ1n) is 19.6. The number of rotatable bonds is 31. The molecular formula is C43H70O2. The van der Waals surface area contributed by atoms with Crippen molar-refractivity contribution in [2.75, 3.05) is 0 Å². The zero-order valence-electron chi connectivity index (χ0n) is 29.5. The van der Waals surface area contributed by atoms with Crippen molar-refractivity contribution < 1.29 is 9.53 Å². The van der Waals surface area contributed by atoms with Crippen molar-refractivity contribution in [3.63, 3.8) is 0 Å². The van der Waals surface area contributed by atoms with Crippen molar-refractivity contribution in [1.29, 1.82) is 0 Å². The van der Waals surface area contributed by atoms with Gasteiger partial charge in [0.2, 0.25) is 0 Å². The molecule has 2 heteroatoms. The minimum Gasteiger partial charge on any atom is -0.453 e. The van der Waals surface area contributed by atoms with Crippen LogP contribution in [0.1, 0.15) is 204 Å². The summed E-state index contributed by atoms with van der Waals surface area (Å²) >= 11 is 0. The Morgan fingerprint density at radius 2 is 0.689 bits per heavy atom. The highest BCUT2D eigenvalue weighted by atomic mass is 16.5. The van der Waals surface area contributed by atoms with Crippen LogP contribution in [-0.4, -0.2) is 5.97 Å². The lowest BCUT2D eigenvalue weighted by Crippen LogP contribution is -2.12. The maximum atomic E-state index is 12.6. The Hall–Kier alpha value is -2.09. The van der Waals surface area contributed by atoms with Gasteiger partial charge in [0.1, 0.15) is 0 Å². The molecule has 2 aromatic rings. The van der Waals surface area contributed by atoms with E-state index in [-0.39, 0.29) is 12.1 Å². The molecule has 0 aromatic heterocycles. The summed E-state index contributed by atoms with van der Waals surface area (Å²) in [5.74, 6) is -0.0905. The maximum absolute atomic E-state index is 12.6. The molecule has 0 saturated heterocycles. The Balaban J connectivity index is 1.29. The first kappa shape index (κ1) is 39.1. The fraction of sp³-hybridized carbons (Fsp3) is 0.698. The first-order chi connectivity index (χ1) is 22.3. The molecule has 2 rings (SSSR count). The molecule has 0 saturated carbocycles. The summed E-state index contributed by atoms with van der Waals surface area (Å²) in [5, 5.41) is 0. The van der Waals surface area contributed by atoms with Crippen LogP contribution in [0, 0.1) is 0 Å². The van der Waals surface area contributed by atoms with Gasteiger partial charge in [0, 0.05) is 6.42 Å². The summed E-state index contributed by atoms with van der Waals surface area (Å²) in [6.45, 7) is 2.30. The third kappa shape index (κ3) is 22.1. The first-order valence-corrected chi connectivity index (χ1v) is 19.6. The fourth-order valence-corrected chi connectivity index (χ4v) is 6.54. The molecule has 0 fully saturated rings. The summed E-state index contributed by atoms with van der Waals surface area (Å²) < 4.78 is 5.94. The number of benzene rings is 2. The molecule has 0 aliphatic heterocycles. The van der Waals surface area contributed by atoms with Gasteiger partial charge in [-0.15, -0.1) is 0 Å². The van der Waals surface area contributed by atoms with Gasteiger partial charge in [0.05, 0.1) is 0 Å². The van der Waals surface area contributed by atoms with Gasteiger partial charge in [-0.1, -0.05) is 235 Å². The predicted octanol–water partition coefficient (Wildman–Crippen LogP) is 14.3. The molecule has 0 aliphatic carbocycles. The zero-order chi connectivity index (χ0) is 31.9. The zero-order valence-corrected chi connectivity index (χ0v) is 29.5. The molecular weight excluding hydrogens is 548 g/mol. The van der Waals surface area contributed by atoms with Crippen molar-refractivity contribution in [3.05, 3.63) is 71.8 Å². The maximum Gasteiger partial charge on any atom is 0.306 e. The molecule has 0 bridgehead atoms. The van der Waals surface area contributed by atoms with Crippen molar-refractivity contribution in [2.24, 2.45) is 0 Å². The highest BCUT2D eigenvalue weighted by Crippen LogP contribution is 2.26.